The molecule has 0 aromatic heterocycles. The number of rotatable bonds is 5. The van der Waals surface area contributed by atoms with Gasteiger partial charge in [0.25, 0.3) is 0 Å². The average molecular weight is 282 g/mol. The summed E-state index contributed by atoms with van der Waals surface area (Å²) in [5.41, 5.74) is 6.71. The number of hydrogen-bond donors (Lipinski definition) is 2. The molecule has 1 fully saturated rings. The Bertz CT molecular complexity index is 534. The highest BCUT2D eigenvalue weighted by atomic mass is 32.2. The minimum absolute atomic E-state index is 0.130. The third-order valence-electron chi connectivity index (χ3n) is 4.04. The molecular formula is C14H22N2O2S. The highest BCUT2D eigenvalue weighted by molar-refractivity contribution is 7.90. The highest BCUT2D eigenvalue weighted by Crippen LogP contribution is 2.37. The monoisotopic (exact) mass is 282 g/mol. The lowest BCUT2D eigenvalue weighted by molar-refractivity contribution is 0.332. The molecule has 0 unspecified atom stereocenters. The third-order valence-corrected chi connectivity index (χ3v) is 5.19. The van der Waals surface area contributed by atoms with Crippen LogP contribution >= 0.6 is 0 Å². The van der Waals surface area contributed by atoms with Gasteiger partial charge in [-0.1, -0.05) is 25.0 Å². The lowest BCUT2D eigenvalue weighted by Gasteiger charge is -2.28. The summed E-state index contributed by atoms with van der Waals surface area (Å²) in [4.78, 5) is 0.361. The number of benzene rings is 1. The molecule has 0 heterocycles. The lowest BCUT2D eigenvalue weighted by atomic mass is 9.86. The topological polar surface area (TPSA) is 72.2 Å². The maximum atomic E-state index is 11.7. The lowest BCUT2D eigenvalue weighted by Crippen LogP contribution is -2.34. The average Bonchev–Trinajstić information content (AvgIpc) is 2.85. The van der Waals surface area contributed by atoms with Gasteiger partial charge in [0.15, 0.2) is 9.84 Å². The Kier molecular flexibility index (Phi) is 4.16. The van der Waals surface area contributed by atoms with Crippen molar-refractivity contribution in [2.24, 2.45) is 11.1 Å². The fraction of sp³-hybridized carbons (Fsp3) is 0.571. The molecule has 1 saturated carbocycles. The van der Waals surface area contributed by atoms with Crippen LogP contribution in [0.25, 0.3) is 0 Å². The first-order valence-corrected chi connectivity index (χ1v) is 8.59. The predicted molar refractivity (Wildman–Crippen MR) is 78.0 cm³/mol. The standard InChI is InChI=1S/C14H22N2O2S/c1-19(17,18)13-7-3-2-6-12(13)16-11-14(10-15)8-4-5-9-14/h2-3,6-7,16H,4-5,8-11,15H2,1H3. The van der Waals surface area contributed by atoms with Gasteiger partial charge in [0.1, 0.15) is 0 Å². The van der Waals surface area contributed by atoms with Crippen LogP contribution in [0, 0.1) is 5.41 Å². The van der Waals surface area contributed by atoms with E-state index in [9.17, 15) is 8.42 Å². The normalized spacial score (nSPS) is 18.4. The Morgan fingerprint density at radius 2 is 1.89 bits per heavy atom. The summed E-state index contributed by atoms with van der Waals surface area (Å²) in [7, 11) is -3.20. The molecule has 106 valence electrons. The number of hydrogen-bond acceptors (Lipinski definition) is 4. The number of nitrogens with two attached hydrogens (primary N) is 1. The van der Waals surface area contributed by atoms with E-state index in [4.69, 9.17) is 5.73 Å². The van der Waals surface area contributed by atoms with Crippen LogP contribution in [0.3, 0.4) is 0 Å². The van der Waals surface area contributed by atoms with Gasteiger partial charge in [0.05, 0.1) is 10.6 Å². The summed E-state index contributed by atoms with van der Waals surface area (Å²) in [6, 6.07) is 7.05. The molecule has 0 bridgehead atoms. The highest BCUT2D eigenvalue weighted by Gasteiger charge is 2.32. The summed E-state index contributed by atoms with van der Waals surface area (Å²) < 4.78 is 23.5. The Hall–Kier alpha value is -1.07. The first-order valence-electron chi connectivity index (χ1n) is 6.70. The number of sulfone groups is 1. The van der Waals surface area contributed by atoms with Crippen molar-refractivity contribution >= 4 is 15.5 Å². The van der Waals surface area contributed by atoms with Crippen molar-refractivity contribution in [3.05, 3.63) is 24.3 Å². The van der Waals surface area contributed by atoms with Crippen molar-refractivity contribution in [1.29, 1.82) is 0 Å². The fourth-order valence-corrected chi connectivity index (χ4v) is 3.66. The molecule has 0 radical (unpaired) electrons. The minimum atomic E-state index is -3.20. The molecule has 0 saturated heterocycles. The number of nitrogens with one attached hydrogen (secondary N) is 1. The van der Waals surface area contributed by atoms with Crippen molar-refractivity contribution in [2.45, 2.75) is 30.6 Å². The molecule has 3 N–H and O–H groups in total. The van der Waals surface area contributed by atoms with E-state index >= 15 is 0 Å². The summed E-state index contributed by atoms with van der Waals surface area (Å²) >= 11 is 0. The van der Waals surface area contributed by atoms with E-state index in [-0.39, 0.29) is 5.41 Å². The summed E-state index contributed by atoms with van der Waals surface area (Å²) in [6.07, 6.45) is 5.91. The maximum absolute atomic E-state index is 11.7. The predicted octanol–water partition coefficient (Wildman–Crippen LogP) is 2.02. The van der Waals surface area contributed by atoms with Gasteiger partial charge in [-0.2, -0.15) is 0 Å². The Morgan fingerprint density at radius 1 is 1.26 bits per heavy atom. The summed E-state index contributed by atoms with van der Waals surface area (Å²) in [5.74, 6) is 0. The maximum Gasteiger partial charge on any atom is 0.177 e. The molecule has 2 rings (SSSR count). The molecule has 0 aliphatic heterocycles. The van der Waals surface area contributed by atoms with Crippen molar-refractivity contribution in [1.82, 2.24) is 0 Å². The molecule has 0 amide bonds. The van der Waals surface area contributed by atoms with Crippen LogP contribution in [-0.2, 0) is 9.84 Å². The van der Waals surface area contributed by atoms with Crippen LogP contribution in [0.5, 0.6) is 0 Å². The molecule has 5 heteroatoms. The SMILES string of the molecule is CS(=O)(=O)c1ccccc1NCC1(CN)CCCC1. The Labute approximate surface area is 115 Å². The van der Waals surface area contributed by atoms with Gasteiger partial charge < -0.3 is 11.1 Å². The minimum Gasteiger partial charge on any atom is -0.383 e. The Balaban J connectivity index is 2.16. The molecule has 1 aromatic rings. The zero-order chi connectivity index (χ0) is 13.9. The van der Waals surface area contributed by atoms with E-state index in [1.807, 2.05) is 12.1 Å². The van der Waals surface area contributed by atoms with Crippen LogP contribution in [0.1, 0.15) is 25.7 Å². The molecule has 19 heavy (non-hydrogen) atoms. The second-order valence-electron chi connectivity index (χ2n) is 5.53. The second kappa shape index (κ2) is 5.51. The smallest absolute Gasteiger partial charge is 0.177 e. The van der Waals surface area contributed by atoms with Gasteiger partial charge in [-0.05, 0) is 36.9 Å². The largest absolute Gasteiger partial charge is 0.383 e. The van der Waals surface area contributed by atoms with E-state index in [1.54, 1.807) is 12.1 Å². The van der Waals surface area contributed by atoms with Gasteiger partial charge in [-0.15, -0.1) is 0 Å². The first-order chi connectivity index (χ1) is 8.97. The molecule has 1 aliphatic rings. The van der Waals surface area contributed by atoms with E-state index in [0.29, 0.717) is 17.1 Å². The van der Waals surface area contributed by atoms with Gasteiger partial charge in [0.2, 0.25) is 0 Å². The second-order valence-corrected chi connectivity index (χ2v) is 7.52. The van der Waals surface area contributed by atoms with Crippen molar-refractivity contribution in [3.63, 3.8) is 0 Å². The van der Waals surface area contributed by atoms with Crippen LogP contribution in [0.2, 0.25) is 0 Å². The van der Waals surface area contributed by atoms with E-state index in [0.717, 1.165) is 19.4 Å². The van der Waals surface area contributed by atoms with E-state index in [2.05, 4.69) is 5.32 Å². The molecule has 0 spiro atoms. The van der Waals surface area contributed by atoms with Gasteiger partial charge in [0, 0.05) is 12.8 Å². The van der Waals surface area contributed by atoms with Crippen LogP contribution in [-0.4, -0.2) is 27.8 Å². The number of para-hydroxylation sites is 1. The van der Waals surface area contributed by atoms with Crippen molar-refractivity contribution < 1.29 is 8.42 Å². The van der Waals surface area contributed by atoms with Crippen LogP contribution in [0.15, 0.2) is 29.2 Å². The molecule has 4 nitrogen and oxygen atoms in total. The zero-order valence-corrected chi connectivity index (χ0v) is 12.2. The van der Waals surface area contributed by atoms with Gasteiger partial charge in [-0.25, -0.2) is 8.42 Å². The molecule has 1 aromatic carbocycles. The number of anilines is 1. The van der Waals surface area contributed by atoms with Crippen LogP contribution in [0.4, 0.5) is 5.69 Å². The molecule has 1 aliphatic carbocycles. The zero-order valence-electron chi connectivity index (χ0n) is 11.4. The molecule has 0 atom stereocenters. The van der Waals surface area contributed by atoms with Gasteiger partial charge in [-0.3, -0.25) is 0 Å². The summed E-state index contributed by atoms with van der Waals surface area (Å²) in [5, 5.41) is 3.29. The van der Waals surface area contributed by atoms with E-state index < -0.39 is 9.84 Å². The first kappa shape index (κ1) is 14.3. The van der Waals surface area contributed by atoms with E-state index in [1.165, 1.54) is 19.1 Å². The Morgan fingerprint density at radius 3 is 2.47 bits per heavy atom. The van der Waals surface area contributed by atoms with Crippen LogP contribution < -0.4 is 11.1 Å². The summed E-state index contributed by atoms with van der Waals surface area (Å²) in [6.45, 7) is 1.40. The van der Waals surface area contributed by atoms with Gasteiger partial charge >= 0.3 is 0 Å². The van der Waals surface area contributed by atoms with Crippen molar-refractivity contribution in [3.8, 4) is 0 Å². The fourth-order valence-electron chi connectivity index (χ4n) is 2.80. The third kappa shape index (κ3) is 3.28. The quantitative estimate of drug-likeness (QED) is 0.866. The van der Waals surface area contributed by atoms with Crippen molar-refractivity contribution in [2.75, 3.05) is 24.7 Å². The molecular weight excluding hydrogens is 260 g/mol.